The molecule has 0 radical (unpaired) electrons. The van der Waals surface area contributed by atoms with Crippen molar-refractivity contribution in [2.75, 3.05) is 18.9 Å². The minimum atomic E-state index is -0.00802. The number of benzene rings is 1. The molecule has 6 nitrogen and oxygen atoms in total. The molecule has 0 spiro atoms. The van der Waals surface area contributed by atoms with Crippen molar-refractivity contribution in [3.8, 4) is 5.75 Å². The highest BCUT2D eigenvalue weighted by Gasteiger charge is 2.29. The predicted molar refractivity (Wildman–Crippen MR) is 139 cm³/mol. The summed E-state index contributed by atoms with van der Waals surface area (Å²) in [5, 5.41) is 0.804. The number of carbonyl (C=O) groups excluding carboxylic acids is 1. The van der Waals surface area contributed by atoms with E-state index in [9.17, 15) is 9.59 Å². The van der Waals surface area contributed by atoms with E-state index >= 15 is 0 Å². The number of rotatable bonds is 8. The van der Waals surface area contributed by atoms with Gasteiger partial charge in [0.1, 0.15) is 16.4 Å². The number of hydrogen-bond acceptors (Lipinski definition) is 6. The summed E-state index contributed by atoms with van der Waals surface area (Å²) in [7, 11) is 0. The number of thioether (sulfide) groups is 1. The van der Waals surface area contributed by atoms with Crippen molar-refractivity contribution in [3.63, 3.8) is 0 Å². The van der Waals surface area contributed by atoms with Crippen molar-refractivity contribution in [1.29, 1.82) is 0 Å². The highest BCUT2D eigenvalue weighted by Crippen LogP contribution is 2.35. The van der Waals surface area contributed by atoms with Crippen LogP contribution in [0.15, 0.2) is 29.1 Å². The van der Waals surface area contributed by atoms with Gasteiger partial charge in [-0.2, -0.15) is 11.8 Å². The molecule has 0 bridgehead atoms. The Balaban J connectivity index is 1.16. The summed E-state index contributed by atoms with van der Waals surface area (Å²) >= 11 is 3.34. The minimum absolute atomic E-state index is 0.00802. The highest BCUT2D eigenvalue weighted by molar-refractivity contribution is 7.98. The lowest BCUT2D eigenvalue weighted by Gasteiger charge is -2.25. The van der Waals surface area contributed by atoms with Gasteiger partial charge in [0.2, 0.25) is 5.91 Å². The van der Waals surface area contributed by atoms with Crippen LogP contribution in [0.1, 0.15) is 66.9 Å². The van der Waals surface area contributed by atoms with Gasteiger partial charge in [0.25, 0.3) is 5.56 Å². The number of nitrogens with one attached hydrogen (secondary N) is 1. The first-order chi connectivity index (χ1) is 16.6. The lowest BCUT2D eigenvalue weighted by molar-refractivity contribution is -0.131. The zero-order chi connectivity index (χ0) is 23.5. The van der Waals surface area contributed by atoms with Crippen LogP contribution in [0.25, 0.3) is 10.2 Å². The van der Waals surface area contributed by atoms with E-state index in [0.717, 1.165) is 54.6 Å². The van der Waals surface area contributed by atoms with E-state index in [0.29, 0.717) is 30.4 Å². The first kappa shape index (κ1) is 23.4. The molecule has 1 aliphatic heterocycles. The molecule has 1 aromatic carbocycles. The van der Waals surface area contributed by atoms with Crippen molar-refractivity contribution in [2.45, 2.75) is 63.7 Å². The summed E-state index contributed by atoms with van der Waals surface area (Å²) < 4.78 is 5.54. The van der Waals surface area contributed by atoms with Gasteiger partial charge in [-0.15, -0.1) is 11.3 Å². The van der Waals surface area contributed by atoms with Gasteiger partial charge in [-0.25, -0.2) is 4.98 Å². The first-order valence-corrected chi connectivity index (χ1v) is 14.2. The summed E-state index contributed by atoms with van der Waals surface area (Å²) in [5.74, 6) is 3.11. The Kier molecular flexibility index (Phi) is 7.25. The smallest absolute Gasteiger partial charge is 0.259 e. The lowest BCUT2D eigenvalue weighted by Crippen LogP contribution is -2.30. The van der Waals surface area contributed by atoms with Gasteiger partial charge in [-0.3, -0.25) is 9.59 Å². The Hall–Kier alpha value is -2.32. The molecule has 2 aromatic heterocycles. The van der Waals surface area contributed by atoms with Gasteiger partial charge in [0, 0.05) is 23.6 Å². The fourth-order valence-corrected chi connectivity index (χ4v) is 7.19. The van der Waals surface area contributed by atoms with Crippen molar-refractivity contribution in [1.82, 2.24) is 14.9 Å². The van der Waals surface area contributed by atoms with Gasteiger partial charge in [-0.1, -0.05) is 12.1 Å². The van der Waals surface area contributed by atoms with Crippen LogP contribution in [0.4, 0.5) is 0 Å². The monoisotopic (exact) mass is 497 g/mol. The second-order valence-electron chi connectivity index (χ2n) is 8.95. The van der Waals surface area contributed by atoms with Gasteiger partial charge in [0.05, 0.1) is 23.8 Å². The fourth-order valence-electron chi connectivity index (χ4n) is 5.11. The summed E-state index contributed by atoms with van der Waals surface area (Å²) in [4.78, 5) is 37.6. The number of amides is 1. The van der Waals surface area contributed by atoms with Crippen molar-refractivity contribution < 1.29 is 9.53 Å². The van der Waals surface area contributed by atoms with E-state index < -0.39 is 0 Å². The van der Waals surface area contributed by atoms with E-state index in [1.165, 1.54) is 22.4 Å². The van der Waals surface area contributed by atoms with Crippen LogP contribution in [-0.2, 0) is 23.4 Å². The molecule has 1 saturated heterocycles. The molecule has 34 heavy (non-hydrogen) atoms. The molecule has 3 heterocycles. The third-order valence-corrected chi connectivity index (χ3v) is 8.88. The minimum Gasteiger partial charge on any atom is -0.494 e. The highest BCUT2D eigenvalue weighted by atomic mass is 32.2. The van der Waals surface area contributed by atoms with E-state index in [-0.39, 0.29) is 17.5 Å². The number of ether oxygens (including phenoxy) is 1. The van der Waals surface area contributed by atoms with Gasteiger partial charge in [-0.05, 0) is 68.7 Å². The largest absolute Gasteiger partial charge is 0.494 e. The number of hydrogen-bond donors (Lipinski definition) is 1. The molecule has 3 aromatic rings. The summed E-state index contributed by atoms with van der Waals surface area (Å²) in [6.45, 7) is 3.44. The molecule has 1 unspecified atom stereocenters. The molecule has 1 aliphatic carbocycles. The van der Waals surface area contributed by atoms with Crippen molar-refractivity contribution in [3.05, 3.63) is 56.4 Å². The number of H-pyrrole nitrogens is 1. The Morgan fingerprint density at radius 1 is 1.24 bits per heavy atom. The Morgan fingerprint density at radius 3 is 2.88 bits per heavy atom. The Bertz CT molecular complexity index is 1220. The lowest BCUT2D eigenvalue weighted by atomic mass is 9.97. The van der Waals surface area contributed by atoms with Gasteiger partial charge < -0.3 is 14.6 Å². The maximum Gasteiger partial charge on any atom is 0.259 e. The molecular weight excluding hydrogens is 466 g/mol. The van der Waals surface area contributed by atoms with E-state index in [2.05, 4.69) is 17.1 Å². The second kappa shape index (κ2) is 10.5. The quantitative estimate of drug-likeness (QED) is 0.430. The summed E-state index contributed by atoms with van der Waals surface area (Å²) in [5.41, 5.74) is 2.39. The van der Waals surface area contributed by atoms with E-state index in [1.54, 1.807) is 23.1 Å². The molecule has 1 amide bonds. The van der Waals surface area contributed by atoms with Crippen LogP contribution < -0.4 is 10.3 Å². The molecular formula is C26H31N3O3S2. The standard InChI is InChI=1S/C26H31N3O3S2/c1-2-32-18-11-9-17(10-12-18)20-7-5-14-29(20)23(30)13-15-33-16-22-27-25(31)24-19-6-3-4-8-21(19)34-26(24)28-22/h9-12,20H,2-8,13-16H2,1H3,(H,27,28,31). The van der Waals surface area contributed by atoms with Crippen LogP contribution >= 0.6 is 23.1 Å². The molecule has 1 atom stereocenters. The number of fused-ring (bicyclic) bond motifs is 3. The molecule has 5 rings (SSSR count). The van der Waals surface area contributed by atoms with Crippen LogP contribution in [0.3, 0.4) is 0 Å². The van der Waals surface area contributed by atoms with Crippen LogP contribution in [0.5, 0.6) is 5.75 Å². The van der Waals surface area contributed by atoms with Gasteiger partial charge in [0.15, 0.2) is 0 Å². The molecule has 180 valence electrons. The maximum absolute atomic E-state index is 13.0. The van der Waals surface area contributed by atoms with Crippen LogP contribution in [-0.4, -0.2) is 39.7 Å². The molecule has 1 fully saturated rings. The zero-order valence-electron chi connectivity index (χ0n) is 19.6. The van der Waals surface area contributed by atoms with Gasteiger partial charge >= 0.3 is 0 Å². The summed E-state index contributed by atoms with van der Waals surface area (Å²) in [6.07, 6.45) is 6.94. The van der Waals surface area contributed by atoms with Crippen molar-refractivity contribution >= 4 is 39.2 Å². The topological polar surface area (TPSA) is 75.3 Å². The third kappa shape index (κ3) is 4.89. The summed E-state index contributed by atoms with van der Waals surface area (Å²) in [6, 6.07) is 8.29. The molecule has 2 aliphatic rings. The molecule has 1 N–H and O–H groups in total. The normalized spacial score (nSPS) is 17.8. The van der Waals surface area contributed by atoms with Crippen LogP contribution in [0, 0.1) is 0 Å². The Morgan fingerprint density at radius 2 is 2.06 bits per heavy atom. The number of carbonyl (C=O) groups is 1. The molecule has 8 heteroatoms. The third-order valence-electron chi connectivity index (χ3n) is 6.72. The SMILES string of the molecule is CCOc1ccc(C2CCCN2C(=O)CCSCc2nc3sc4c(c3c(=O)[nH]2)CCCC4)cc1. The van der Waals surface area contributed by atoms with Crippen LogP contribution in [0.2, 0.25) is 0 Å². The van der Waals surface area contributed by atoms with E-state index in [1.807, 2.05) is 24.0 Å². The number of aromatic amines is 1. The number of thiophene rings is 1. The second-order valence-corrected chi connectivity index (χ2v) is 11.1. The van der Waals surface area contributed by atoms with Crippen molar-refractivity contribution in [2.24, 2.45) is 0 Å². The number of nitrogens with zero attached hydrogens (tertiary/aromatic N) is 2. The first-order valence-electron chi connectivity index (χ1n) is 12.3. The molecule has 0 saturated carbocycles. The fraction of sp³-hybridized carbons (Fsp3) is 0.500. The average molecular weight is 498 g/mol. The number of aryl methyl sites for hydroxylation is 2. The Labute approximate surface area is 208 Å². The van der Waals surface area contributed by atoms with E-state index in [4.69, 9.17) is 9.72 Å². The number of likely N-dealkylation sites (tertiary alicyclic amines) is 1. The average Bonchev–Trinajstić information content (AvgIpc) is 3.47. The predicted octanol–water partition coefficient (Wildman–Crippen LogP) is 5.25. The maximum atomic E-state index is 13.0. The zero-order valence-corrected chi connectivity index (χ0v) is 21.2. The number of aromatic nitrogens is 2.